The van der Waals surface area contributed by atoms with E-state index in [2.05, 4.69) is 37.3 Å². The fraction of sp³-hybridized carbons (Fsp3) is 0.545. The molecule has 3 aliphatic carbocycles. The molecule has 0 spiro atoms. The van der Waals surface area contributed by atoms with Crippen LogP contribution >= 0.6 is 11.3 Å². The number of nitrogens with zero attached hydrogens (tertiary/aromatic N) is 3. The number of allylic oxidation sites excluding steroid dienone is 1. The zero-order chi connectivity index (χ0) is 28.7. The van der Waals surface area contributed by atoms with Crippen molar-refractivity contribution in [2.24, 2.45) is 11.3 Å². The molecule has 2 aromatic rings. The van der Waals surface area contributed by atoms with Gasteiger partial charge in [0, 0.05) is 35.5 Å². The van der Waals surface area contributed by atoms with E-state index in [0.717, 1.165) is 42.7 Å². The molecule has 1 aromatic carbocycles. The summed E-state index contributed by atoms with van der Waals surface area (Å²) in [6.07, 6.45) is 9.22. The number of urea groups is 1. The van der Waals surface area contributed by atoms with Gasteiger partial charge in [0.05, 0.1) is 19.2 Å². The van der Waals surface area contributed by atoms with E-state index in [4.69, 9.17) is 4.74 Å². The van der Waals surface area contributed by atoms with Crippen molar-refractivity contribution in [1.29, 1.82) is 0 Å². The fourth-order valence-corrected chi connectivity index (χ4v) is 8.56. The molecule has 8 heteroatoms. The minimum atomic E-state index is -0.415. The van der Waals surface area contributed by atoms with Gasteiger partial charge in [-0.2, -0.15) is 0 Å². The Bertz CT molecular complexity index is 1330. The Morgan fingerprint density at radius 1 is 1.12 bits per heavy atom. The highest BCUT2D eigenvalue weighted by Crippen LogP contribution is 2.57. The van der Waals surface area contributed by atoms with E-state index in [1.165, 1.54) is 17.5 Å². The molecule has 6 rings (SSSR count). The van der Waals surface area contributed by atoms with Gasteiger partial charge in [-0.15, -0.1) is 11.3 Å². The minimum absolute atomic E-state index is 0.00594. The first-order valence-corrected chi connectivity index (χ1v) is 16.0. The molecule has 0 radical (unpaired) electrons. The summed E-state index contributed by atoms with van der Waals surface area (Å²) in [5.74, 6) is -0.549. The Hall–Kier alpha value is -3.13. The number of carbonyl (C=O) groups excluding carboxylic acids is 3. The molecule has 7 nitrogen and oxygen atoms in total. The summed E-state index contributed by atoms with van der Waals surface area (Å²) in [6.45, 7) is 4.64. The highest BCUT2D eigenvalue weighted by atomic mass is 32.1. The van der Waals surface area contributed by atoms with Crippen LogP contribution in [0.15, 0.2) is 53.6 Å². The van der Waals surface area contributed by atoms with Crippen LogP contribution in [-0.2, 0) is 27.3 Å². The van der Waals surface area contributed by atoms with Gasteiger partial charge in [-0.3, -0.25) is 14.5 Å². The summed E-state index contributed by atoms with van der Waals surface area (Å²) in [5, 5.41) is 2.02. The second-order valence-electron chi connectivity index (χ2n) is 12.4. The third kappa shape index (κ3) is 4.98. The van der Waals surface area contributed by atoms with Crippen LogP contribution in [0.4, 0.5) is 4.79 Å². The second-order valence-corrected chi connectivity index (χ2v) is 13.4. The third-order valence-electron chi connectivity index (χ3n) is 10.0. The van der Waals surface area contributed by atoms with Crippen molar-refractivity contribution in [1.82, 2.24) is 14.7 Å². The zero-order valence-corrected chi connectivity index (χ0v) is 25.2. The summed E-state index contributed by atoms with van der Waals surface area (Å²) in [4.78, 5) is 48.0. The molecule has 1 saturated heterocycles. The van der Waals surface area contributed by atoms with E-state index >= 15 is 0 Å². The van der Waals surface area contributed by atoms with Crippen LogP contribution < -0.4 is 0 Å². The molecule has 1 saturated carbocycles. The lowest BCUT2D eigenvalue weighted by molar-refractivity contribution is -0.144. The van der Waals surface area contributed by atoms with E-state index in [1.807, 2.05) is 34.4 Å². The van der Waals surface area contributed by atoms with E-state index in [-0.39, 0.29) is 54.4 Å². The van der Waals surface area contributed by atoms with Gasteiger partial charge in [0.15, 0.2) is 0 Å². The van der Waals surface area contributed by atoms with Crippen molar-refractivity contribution in [2.75, 3.05) is 20.2 Å². The average molecular weight is 576 g/mol. The van der Waals surface area contributed by atoms with Crippen molar-refractivity contribution in [3.05, 3.63) is 69.6 Å². The summed E-state index contributed by atoms with van der Waals surface area (Å²) >= 11 is 1.62. The van der Waals surface area contributed by atoms with Crippen LogP contribution in [-0.4, -0.2) is 64.9 Å². The van der Waals surface area contributed by atoms with Gasteiger partial charge < -0.3 is 14.5 Å². The molecule has 218 valence electrons. The van der Waals surface area contributed by atoms with Crippen LogP contribution in [0.25, 0.3) is 0 Å². The highest BCUT2D eigenvalue weighted by Gasteiger charge is 2.56. The number of hydrogen-bond donors (Lipinski definition) is 0. The number of esters is 1. The van der Waals surface area contributed by atoms with Crippen molar-refractivity contribution < 1.29 is 19.1 Å². The smallest absolute Gasteiger partial charge is 0.325 e. The van der Waals surface area contributed by atoms with Gasteiger partial charge >= 0.3 is 12.0 Å². The molecular weight excluding hydrogens is 534 g/mol. The quantitative estimate of drug-likeness (QED) is 0.382. The van der Waals surface area contributed by atoms with Gasteiger partial charge in [-0.05, 0) is 60.6 Å². The number of ether oxygens (including phenoxy) is 1. The standard InChI is InChI=1S/C33H41N3O4S/c1-4-40-30(37)21-36-29-18-27(31(38)34(3)23-12-6-5-7-13-23)33(2)19-22-11-8-9-15-25(22)26(33)17-28(29)35(32(36)39)20-24-14-10-16-41-24/h8-11,14-17,23,26-27,29H,4-7,12-13,18-21H2,1-3H3/t26-,27-,29-,33+/m1/s1. The monoisotopic (exact) mass is 575 g/mol. The SMILES string of the molecule is CCOC(=O)CN1C(=O)N(Cc2cccs2)C2=C[C@@H]3c4ccccc4C[C@]3(C)[C@@H](C(=O)N(C)C3CCCCC3)C[C@H]21. The number of hydrogen-bond acceptors (Lipinski definition) is 5. The third-order valence-corrected chi connectivity index (χ3v) is 10.9. The molecule has 1 aromatic heterocycles. The number of thiophene rings is 1. The predicted octanol–water partition coefficient (Wildman–Crippen LogP) is 5.96. The zero-order valence-electron chi connectivity index (χ0n) is 24.4. The van der Waals surface area contributed by atoms with Gasteiger partial charge in [0.25, 0.3) is 0 Å². The van der Waals surface area contributed by atoms with Gasteiger partial charge in [0.2, 0.25) is 5.91 Å². The maximum absolute atomic E-state index is 14.6. The molecule has 41 heavy (non-hydrogen) atoms. The number of carbonyl (C=O) groups is 3. The topological polar surface area (TPSA) is 70.2 Å². The molecule has 0 N–H and O–H groups in total. The van der Waals surface area contributed by atoms with Crippen LogP contribution in [0.5, 0.6) is 0 Å². The molecular formula is C33H41N3O4S. The summed E-state index contributed by atoms with van der Waals surface area (Å²) < 4.78 is 5.29. The molecule has 0 bridgehead atoms. The maximum Gasteiger partial charge on any atom is 0.325 e. The van der Waals surface area contributed by atoms with E-state index in [1.54, 1.807) is 23.2 Å². The molecule has 4 atom stereocenters. The van der Waals surface area contributed by atoms with E-state index < -0.39 is 5.97 Å². The van der Waals surface area contributed by atoms with Crippen LogP contribution in [0, 0.1) is 11.3 Å². The molecule has 2 fully saturated rings. The minimum Gasteiger partial charge on any atom is -0.465 e. The largest absolute Gasteiger partial charge is 0.465 e. The summed E-state index contributed by atoms with van der Waals surface area (Å²) in [5.41, 5.74) is 3.10. The fourth-order valence-electron chi connectivity index (χ4n) is 7.86. The molecule has 0 unspecified atom stereocenters. The van der Waals surface area contributed by atoms with Crippen LogP contribution in [0.2, 0.25) is 0 Å². The second kappa shape index (κ2) is 11.3. The molecule has 3 amide bonds. The number of benzene rings is 1. The Kier molecular flexibility index (Phi) is 7.70. The first-order chi connectivity index (χ1) is 19.8. The molecule has 4 aliphatic rings. The van der Waals surface area contributed by atoms with Crippen LogP contribution in [0.1, 0.15) is 74.3 Å². The van der Waals surface area contributed by atoms with E-state index in [9.17, 15) is 14.4 Å². The molecule has 2 heterocycles. The van der Waals surface area contributed by atoms with E-state index in [0.29, 0.717) is 13.0 Å². The maximum atomic E-state index is 14.6. The summed E-state index contributed by atoms with van der Waals surface area (Å²) in [6, 6.07) is 12.3. The van der Waals surface area contributed by atoms with Crippen molar-refractivity contribution in [2.45, 2.75) is 83.3 Å². The highest BCUT2D eigenvalue weighted by molar-refractivity contribution is 7.09. The Morgan fingerprint density at radius 2 is 1.90 bits per heavy atom. The van der Waals surface area contributed by atoms with Crippen molar-refractivity contribution >= 4 is 29.2 Å². The first-order valence-electron chi connectivity index (χ1n) is 15.1. The Morgan fingerprint density at radius 3 is 2.63 bits per heavy atom. The van der Waals surface area contributed by atoms with Gasteiger partial charge in [-0.25, -0.2) is 4.79 Å². The van der Waals surface area contributed by atoms with Crippen LogP contribution in [0.3, 0.4) is 0 Å². The van der Waals surface area contributed by atoms with Gasteiger partial charge in [0.1, 0.15) is 6.54 Å². The average Bonchev–Trinajstić information content (AvgIpc) is 3.63. The Balaban J connectivity index is 1.44. The number of rotatable bonds is 7. The number of fused-ring (bicyclic) bond motifs is 4. The number of amides is 3. The lowest BCUT2D eigenvalue weighted by atomic mass is 9.67. The van der Waals surface area contributed by atoms with Crippen molar-refractivity contribution in [3.8, 4) is 0 Å². The predicted molar refractivity (Wildman–Crippen MR) is 159 cm³/mol. The first kappa shape index (κ1) is 28.0. The summed E-state index contributed by atoms with van der Waals surface area (Å²) in [7, 11) is 1.98. The van der Waals surface area contributed by atoms with Gasteiger partial charge in [-0.1, -0.05) is 62.6 Å². The normalized spacial score (nSPS) is 27.5. The lowest BCUT2D eigenvalue weighted by Crippen LogP contribution is -2.49. The lowest BCUT2D eigenvalue weighted by Gasteiger charge is -2.42. The van der Waals surface area contributed by atoms with Crippen molar-refractivity contribution in [3.63, 3.8) is 0 Å². The molecule has 1 aliphatic heterocycles. The Labute approximate surface area is 247 Å².